The molecule has 0 unspecified atom stereocenters. The quantitative estimate of drug-likeness (QED) is 0.628. The van der Waals surface area contributed by atoms with Gasteiger partial charge in [-0.2, -0.15) is 0 Å². The number of hydrogen-bond donors (Lipinski definition) is 2. The lowest BCUT2D eigenvalue weighted by molar-refractivity contribution is 0.0601. The minimum absolute atomic E-state index is 0.200. The fourth-order valence-corrected chi connectivity index (χ4v) is 4.44. The Bertz CT molecular complexity index is 634. The molecular formula is C12H16N2O4S2. The highest BCUT2D eigenvalue weighted by Crippen LogP contribution is 2.36. The van der Waals surface area contributed by atoms with Gasteiger partial charge in [0.2, 0.25) is 10.0 Å². The van der Waals surface area contributed by atoms with Crippen molar-refractivity contribution >= 4 is 32.3 Å². The Kier molecular flexibility index (Phi) is 4.46. The lowest BCUT2D eigenvalue weighted by Gasteiger charge is -2.13. The standard InChI is InChI=1S/C12H16N2O4S2/c1-3-6-20(16,17)14-11-10(12(15)18-2)8-4-5-13-7-9(8)19-11/h3,13-14H,1,4-7H2,2H3. The van der Waals surface area contributed by atoms with E-state index in [1.807, 2.05) is 0 Å². The van der Waals surface area contributed by atoms with E-state index in [9.17, 15) is 13.2 Å². The third kappa shape index (κ3) is 3.02. The lowest BCUT2D eigenvalue weighted by Crippen LogP contribution is -2.23. The zero-order valence-corrected chi connectivity index (χ0v) is 12.7. The van der Waals surface area contributed by atoms with Gasteiger partial charge < -0.3 is 10.1 Å². The molecule has 2 heterocycles. The summed E-state index contributed by atoms with van der Waals surface area (Å²) in [5.74, 6) is -0.713. The largest absolute Gasteiger partial charge is 0.465 e. The van der Waals surface area contributed by atoms with E-state index in [1.54, 1.807) is 0 Å². The number of carbonyl (C=O) groups excluding carboxylic acids is 1. The summed E-state index contributed by atoms with van der Waals surface area (Å²) in [6.07, 6.45) is 1.98. The van der Waals surface area contributed by atoms with Crippen LogP contribution in [0, 0.1) is 0 Å². The van der Waals surface area contributed by atoms with Gasteiger partial charge in [0, 0.05) is 11.4 Å². The molecule has 1 aliphatic heterocycles. The summed E-state index contributed by atoms with van der Waals surface area (Å²) in [5, 5.41) is 3.52. The van der Waals surface area contributed by atoms with Gasteiger partial charge >= 0.3 is 5.97 Å². The highest BCUT2D eigenvalue weighted by Gasteiger charge is 2.27. The van der Waals surface area contributed by atoms with Gasteiger partial charge in [-0.3, -0.25) is 4.72 Å². The Morgan fingerprint density at radius 2 is 2.35 bits per heavy atom. The molecule has 1 aliphatic rings. The van der Waals surface area contributed by atoms with Gasteiger partial charge in [-0.1, -0.05) is 6.08 Å². The molecule has 0 spiro atoms. The number of thiophene rings is 1. The van der Waals surface area contributed by atoms with Crippen LogP contribution in [0.15, 0.2) is 12.7 Å². The Hall–Kier alpha value is -1.38. The summed E-state index contributed by atoms with van der Waals surface area (Å²) >= 11 is 1.27. The molecule has 2 N–H and O–H groups in total. The van der Waals surface area contributed by atoms with Gasteiger partial charge in [0.05, 0.1) is 18.4 Å². The number of nitrogens with one attached hydrogen (secondary N) is 2. The van der Waals surface area contributed by atoms with E-state index in [0.29, 0.717) is 23.5 Å². The topological polar surface area (TPSA) is 84.5 Å². The predicted octanol–water partition coefficient (Wildman–Crippen LogP) is 1.11. The molecule has 1 aromatic rings. The minimum atomic E-state index is -3.53. The summed E-state index contributed by atoms with van der Waals surface area (Å²) in [7, 11) is -2.25. The van der Waals surface area contributed by atoms with Crippen molar-refractivity contribution in [2.45, 2.75) is 13.0 Å². The van der Waals surface area contributed by atoms with Crippen LogP contribution in [0.1, 0.15) is 20.8 Å². The van der Waals surface area contributed by atoms with Crippen molar-refractivity contribution in [2.24, 2.45) is 0 Å². The summed E-state index contributed by atoms with van der Waals surface area (Å²) in [6.45, 7) is 4.80. The molecule has 0 amide bonds. The molecule has 110 valence electrons. The van der Waals surface area contributed by atoms with E-state index in [2.05, 4.69) is 16.6 Å². The minimum Gasteiger partial charge on any atom is -0.465 e. The molecular weight excluding hydrogens is 300 g/mol. The van der Waals surface area contributed by atoms with Crippen LogP contribution >= 0.6 is 11.3 Å². The normalized spacial score (nSPS) is 14.4. The maximum Gasteiger partial charge on any atom is 0.341 e. The van der Waals surface area contributed by atoms with Gasteiger partial charge in [-0.25, -0.2) is 13.2 Å². The number of sulfonamides is 1. The second-order valence-electron chi connectivity index (χ2n) is 4.30. The summed E-state index contributed by atoms with van der Waals surface area (Å²) < 4.78 is 30.9. The summed E-state index contributed by atoms with van der Waals surface area (Å²) in [4.78, 5) is 12.9. The first-order chi connectivity index (χ1) is 9.48. The van der Waals surface area contributed by atoms with Crippen LogP contribution in [0.3, 0.4) is 0 Å². The van der Waals surface area contributed by atoms with Crippen LogP contribution in [0.25, 0.3) is 0 Å². The first-order valence-corrected chi connectivity index (χ1v) is 8.50. The number of ether oxygens (including phenoxy) is 1. The highest BCUT2D eigenvalue weighted by molar-refractivity contribution is 7.93. The predicted molar refractivity (Wildman–Crippen MR) is 78.7 cm³/mol. The van der Waals surface area contributed by atoms with Crippen molar-refractivity contribution in [1.82, 2.24) is 5.32 Å². The molecule has 0 atom stereocenters. The van der Waals surface area contributed by atoms with E-state index in [0.717, 1.165) is 17.0 Å². The smallest absolute Gasteiger partial charge is 0.341 e. The van der Waals surface area contributed by atoms with Crippen molar-refractivity contribution in [3.05, 3.63) is 28.7 Å². The van der Waals surface area contributed by atoms with Crippen LogP contribution in [-0.4, -0.2) is 33.8 Å². The number of methoxy groups -OCH3 is 1. The Balaban J connectivity index is 2.44. The molecule has 0 saturated carbocycles. The van der Waals surface area contributed by atoms with E-state index < -0.39 is 16.0 Å². The monoisotopic (exact) mass is 316 g/mol. The number of carbonyl (C=O) groups is 1. The second-order valence-corrected chi connectivity index (χ2v) is 7.17. The van der Waals surface area contributed by atoms with Gasteiger partial charge in [0.25, 0.3) is 0 Å². The number of hydrogen-bond acceptors (Lipinski definition) is 6. The average molecular weight is 316 g/mol. The Labute approximate surface area is 121 Å². The van der Waals surface area contributed by atoms with Crippen LogP contribution < -0.4 is 10.0 Å². The van der Waals surface area contributed by atoms with Crippen molar-refractivity contribution in [1.29, 1.82) is 0 Å². The molecule has 0 aliphatic carbocycles. The molecule has 6 nitrogen and oxygen atoms in total. The third-order valence-electron chi connectivity index (χ3n) is 2.90. The first-order valence-electron chi connectivity index (χ1n) is 6.03. The SMILES string of the molecule is C=CCS(=O)(=O)Nc1sc2c(c1C(=O)OC)CCNC2. The van der Waals surface area contributed by atoms with Crippen LogP contribution in [0.5, 0.6) is 0 Å². The Morgan fingerprint density at radius 1 is 1.60 bits per heavy atom. The molecule has 0 radical (unpaired) electrons. The third-order valence-corrected chi connectivity index (χ3v) is 5.37. The van der Waals surface area contributed by atoms with Gasteiger partial charge in [-0.05, 0) is 18.5 Å². The van der Waals surface area contributed by atoms with Crippen LogP contribution in [0.2, 0.25) is 0 Å². The first kappa shape index (κ1) is 15.0. The van der Waals surface area contributed by atoms with Gasteiger partial charge in [0.15, 0.2) is 0 Å². The van der Waals surface area contributed by atoms with Gasteiger partial charge in [-0.15, -0.1) is 17.9 Å². The maximum atomic E-state index is 11.9. The zero-order valence-electron chi connectivity index (χ0n) is 11.1. The molecule has 1 aromatic heterocycles. The van der Waals surface area contributed by atoms with E-state index >= 15 is 0 Å². The number of fused-ring (bicyclic) bond motifs is 1. The van der Waals surface area contributed by atoms with Crippen LogP contribution in [0.4, 0.5) is 5.00 Å². The number of rotatable bonds is 5. The lowest BCUT2D eigenvalue weighted by atomic mass is 10.0. The molecule has 8 heteroatoms. The van der Waals surface area contributed by atoms with Crippen molar-refractivity contribution in [2.75, 3.05) is 24.1 Å². The molecule has 2 rings (SSSR count). The van der Waals surface area contributed by atoms with E-state index in [-0.39, 0.29) is 5.75 Å². The molecule has 0 bridgehead atoms. The average Bonchev–Trinajstić information content (AvgIpc) is 2.74. The molecule has 20 heavy (non-hydrogen) atoms. The fraction of sp³-hybridized carbons (Fsp3) is 0.417. The molecule has 0 saturated heterocycles. The van der Waals surface area contributed by atoms with Crippen molar-refractivity contribution < 1.29 is 17.9 Å². The van der Waals surface area contributed by atoms with Crippen molar-refractivity contribution in [3.8, 4) is 0 Å². The van der Waals surface area contributed by atoms with E-state index in [1.165, 1.54) is 24.5 Å². The summed E-state index contributed by atoms with van der Waals surface area (Å²) in [5.41, 5.74) is 1.21. The fourth-order valence-electron chi connectivity index (χ4n) is 2.06. The van der Waals surface area contributed by atoms with Crippen LogP contribution in [-0.2, 0) is 27.7 Å². The van der Waals surface area contributed by atoms with Crippen molar-refractivity contribution in [3.63, 3.8) is 0 Å². The summed E-state index contributed by atoms with van der Waals surface area (Å²) in [6, 6.07) is 0. The highest BCUT2D eigenvalue weighted by atomic mass is 32.2. The van der Waals surface area contributed by atoms with E-state index in [4.69, 9.17) is 4.74 Å². The molecule has 0 fully saturated rings. The Morgan fingerprint density at radius 3 is 3.00 bits per heavy atom. The van der Waals surface area contributed by atoms with Gasteiger partial charge in [0.1, 0.15) is 5.00 Å². The molecule has 0 aromatic carbocycles. The maximum absolute atomic E-state index is 11.9. The number of esters is 1. The number of anilines is 1. The second kappa shape index (κ2) is 5.94. The zero-order chi connectivity index (χ0) is 14.8.